The maximum absolute atomic E-state index is 11.2. The Morgan fingerprint density at radius 3 is 2.28 bits per heavy atom. The highest BCUT2D eigenvalue weighted by Gasteiger charge is 2.24. The third-order valence-corrected chi connectivity index (χ3v) is 4.82. The van der Waals surface area contributed by atoms with E-state index in [0.29, 0.717) is 19.0 Å². The largest absolute Gasteiger partial charge is 0.379 e. The summed E-state index contributed by atoms with van der Waals surface area (Å²) in [5.74, 6) is 0.701. The van der Waals surface area contributed by atoms with E-state index in [-0.39, 0.29) is 16.4 Å². The number of nitrogens with two attached hydrogens (primary N) is 1. The van der Waals surface area contributed by atoms with Crippen molar-refractivity contribution in [3.63, 3.8) is 0 Å². The molecule has 0 aliphatic carbocycles. The molecule has 0 radical (unpaired) electrons. The fraction of sp³-hybridized carbons (Fsp3) is 0.588. The maximum Gasteiger partial charge on any atom is 0.238 e. The lowest BCUT2D eigenvalue weighted by Crippen LogP contribution is -2.45. The van der Waals surface area contributed by atoms with E-state index in [2.05, 4.69) is 36.4 Å². The number of ether oxygens (including phenoxy) is 1. The quantitative estimate of drug-likeness (QED) is 0.492. The lowest BCUT2D eigenvalue weighted by atomic mass is 9.89. The minimum atomic E-state index is -3.64. The molecule has 25 heavy (non-hydrogen) atoms. The first-order valence-corrected chi connectivity index (χ1v) is 9.71. The number of benzene rings is 1. The van der Waals surface area contributed by atoms with E-state index in [4.69, 9.17) is 9.88 Å². The van der Waals surface area contributed by atoms with E-state index in [1.807, 2.05) is 0 Å². The monoisotopic (exact) mass is 370 g/mol. The molecule has 4 N–H and O–H groups in total. The van der Waals surface area contributed by atoms with Gasteiger partial charge in [0.15, 0.2) is 5.96 Å². The molecule has 1 atom stereocenters. The van der Waals surface area contributed by atoms with Crippen LogP contribution in [0.4, 0.5) is 0 Å². The molecule has 142 valence electrons. The molecule has 0 bridgehead atoms. The van der Waals surface area contributed by atoms with Crippen molar-refractivity contribution in [1.82, 2.24) is 10.6 Å². The van der Waals surface area contributed by atoms with Crippen LogP contribution in [0.25, 0.3) is 0 Å². The van der Waals surface area contributed by atoms with Crippen LogP contribution >= 0.6 is 0 Å². The second-order valence-electron chi connectivity index (χ2n) is 6.91. The Hall–Kier alpha value is -1.64. The van der Waals surface area contributed by atoms with Crippen molar-refractivity contribution < 1.29 is 13.2 Å². The highest BCUT2D eigenvalue weighted by molar-refractivity contribution is 7.89. The summed E-state index contributed by atoms with van der Waals surface area (Å²) in [4.78, 5) is 4.32. The van der Waals surface area contributed by atoms with Crippen molar-refractivity contribution in [1.29, 1.82) is 0 Å². The first kappa shape index (κ1) is 21.4. The lowest BCUT2D eigenvalue weighted by molar-refractivity contribution is 0.0205. The summed E-state index contributed by atoms with van der Waals surface area (Å²) in [7, 11) is -0.220. The summed E-state index contributed by atoms with van der Waals surface area (Å²) < 4.78 is 28.0. The summed E-state index contributed by atoms with van der Waals surface area (Å²) in [5, 5.41) is 11.6. The van der Waals surface area contributed by atoms with Gasteiger partial charge < -0.3 is 15.4 Å². The van der Waals surface area contributed by atoms with Crippen molar-refractivity contribution in [2.45, 2.75) is 38.2 Å². The van der Waals surface area contributed by atoms with E-state index in [9.17, 15) is 8.42 Å². The van der Waals surface area contributed by atoms with Crippen molar-refractivity contribution in [3.8, 4) is 0 Å². The number of nitrogens with zero attached hydrogens (tertiary/aromatic N) is 1. The van der Waals surface area contributed by atoms with E-state index in [0.717, 1.165) is 12.0 Å². The van der Waals surface area contributed by atoms with Gasteiger partial charge in [0, 0.05) is 27.2 Å². The van der Waals surface area contributed by atoms with E-state index < -0.39 is 10.0 Å². The summed E-state index contributed by atoms with van der Waals surface area (Å²) in [6.45, 7) is 7.71. The zero-order chi connectivity index (χ0) is 19.1. The molecule has 8 heteroatoms. The van der Waals surface area contributed by atoms with Gasteiger partial charge in [-0.05, 0) is 29.5 Å². The Morgan fingerprint density at radius 1 is 1.24 bits per heavy atom. The number of nitrogens with one attached hydrogen (secondary N) is 2. The average molecular weight is 371 g/mol. The maximum atomic E-state index is 11.2. The van der Waals surface area contributed by atoms with Gasteiger partial charge in [0.1, 0.15) is 0 Å². The summed E-state index contributed by atoms with van der Waals surface area (Å²) in [6.07, 6.45) is 0.801. The Kier molecular flexibility index (Phi) is 7.85. The van der Waals surface area contributed by atoms with Crippen LogP contribution in [0.2, 0.25) is 0 Å². The third kappa shape index (κ3) is 7.41. The molecule has 0 saturated carbocycles. The SMILES string of the molecule is CN=C(NCCc1ccc(S(N)(=O)=O)cc1)NCC(OC)C(C)(C)C. The molecule has 0 fully saturated rings. The molecule has 0 aliphatic rings. The molecule has 7 nitrogen and oxygen atoms in total. The molecule has 1 aromatic rings. The van der Waals surface area contributed by atoms with Crippen molar-refractivity contribution in [2.24, 2.45) is 15.5 Å². The van der Waals surface area contributed by atoms with Gasteiger partial charge in [0.2, 0.25) is 10.0 Å². The predicted molar refractivity (Wildman–Crippen MR) is 101 cm³/mol. The van der Waals surface area contributed by atoms with Crippen LogP contribution in [0.15, 0.2) is 34.2 Å². The average Bonchev–Trinajstić information content (AvgIpc) is 2.52. The molecule has 0 aromatic heterocycles. The van der Waals surface area contributed by atoms with Gasteiger partial charge in [0.25, 0.3) is 0 Å². The lowest BCUT2D eigenvalue weighted by Gasteiger charge is -2.30. The summed E-state index contributed by atoms with van der Waals surface area (Å²) in [6, 6.07) is 6.56. The number of sulfonamides is 1. The number of hydrogen-bond acceptors (Lipinski definition) is 4. The number of primary sulfonamides is 1. The predicted octanol–water partition coefficient (Wildman–Crippen LogP) is 1.10. The topological polar surface area (TPSA) is 106 Å². The van der Waals surface area contributed by atoms with Gasteiger partial charge in [0.05, 0.1) is 11.0 Å². The Morgan fingerprint density at radius 2 is 1.84 bits per heavy atom. The molecule has 0 heterocycles. The minimum Gasteiger partial charge on any atom is -0.379 e. The van der Waals surface area contributed by atoms with Crippen LogP contribution in [-0.4, -0.2) is 47.7 Å². The van der Waals surface area contributed by atoms with Gasteiger partial charge in [-0.2, -0.15) is 0 Å². The van der Waals surface area contributed by atoms with Crippen LogP contribution in [0.5, 0.6) is 0 Å². The van der Waals surface area contributed by atoms with Crippen molar-refractivity contribution >= 4 is 16.0 Å². The zero-order valence-electron chi connectivity index (χ0n) is 15.7. The highest BCUT2D eigenvalue weighted by Crippen LogP contribution is 2.20. The molecular weight excluding hydrogens is 340 g/mol. The van der Waals surface area contributed by atoms with Crippen LogP contribution in [0.3, 0.4) is 0 Å². The molecule has 1 unspecified atom stereocenters. The van der Waals surface area contributed by atoms with Gasteiger partial charge in [-0.15, -0.1) is 0 Å². The number of rotatable bonds is 7. The number of guanidine groups is 1. The molecule has 0 spiro atoms. The first-order chi connectivity index (χ1) is 11.6. The van der Waals surface area contributed by atoms with E-state index in [1.54, 1.807) is 26.3 Å². The molecule has 0 aliphatic heterocycles. The van der Waals surface area contributed by atoms with Gasteiger partial charge in [-0.3, -0.25) is 4.99 Å². The zero-order valence-corrected chi connectivity index (χ0v) is 16.5. The molecule has 1 rings (SSSR count). The molecular formula is C17H30N4O3S. The summed E-state index contributed by atoms with van der Waals surface area (Å²) in [5.41, 5.74) is 1.05. The number of aliphatic imine (C=N–C) groups is 1. The second kappa shape index (κ2) is 9.17. The highest BCUT2D eigenvalue weighted by atomic mass is 32.2. The Balaban J connectivity index is 2.48. The van der Waals surface area contributed by atoms with E-state index >= 15 is 0 Å². The third-order valence-electron chi connectivity index (χ3n) is 3.89. The van der Waals surface area contributed by atoms with Crippen LogP contribution < -0.4 is 15.8 Å². The van der Waals surface area contributed by atoms with Gasteiger partial charge in [-0.1, -0.05) is 32.9 Å². The standard InChI is InChI=1S/C17H30N4O3S/c1-17(2,3)15(24-5)12-21-16(19-4)20-11-10-13-6-8-14(9-7-13)25(18,22)23/h6-9,15H,10-12H2,1-5H3,(H2,18,22,23)(H2,19,20,21). The smallest absolute Gasteiger partial charge is 0.238 e. The normalized spacial score (nSPS) is 14.2. The van der Waals surface area contributed by atoms with Crippen LogP contribution in [-0.2, 0) is 21.2 Å². The Labute approximate surface area is 151 Å². The van der Waals surface area contributed by atoms with E-state index in [1.165, 1.54) is 12.1 Å². The number of methoxy groups -OCH3 is 1. The molecule has 1 aromatic carbocycles. The fourth-order valence-corrected chi connectivity index (χ4v) is 2.84. The second-order valence-corrected chi connectivity index (χ2v) is 8.47. The Bertz CT molecular complexity index is 664. The fourth-order valence-electron chi connectivity index (χ4n) is 2.32. The first-order valence-electron chi connectivity index (χ1n) is 8.17. The number of hydrogen-bond donors (Lipinski definition) is 3. The summed E-state index contributed by atoms with van der Waals surface area (Å²) >= 11 is 0. The molecule has 0 amide bonds. The van der Waals surface area contributed by atoms with Gasteiger partial charge in [-0.25, -0.2) is 13.6 Å². The van der Waals surface area contributed by atoms with Crippen LogP contribution in [0.1, 0.15) is 26.3 Å². The van der Waals surface area contributed by atoms with Crippen molar-refractivity contribution in [2.75, 3.05) is 27.2 Å². The van der Waals surface area contributed by atoms with Crippen molar-refractivity contribution in [3.05, 3.63) is 29.8 Å². The molecule has 0 saturated heterocycles. The minimum absolute atomic E-state index is 0.0334. The van der Waals surface area contributed by atoms with Gasteiger partial charge >= 0.3 is 0 Å². The van der Waals surface area contributed by atoms with Crippen LogP contribution in [0, 0.1) is 5.41 Å².